The molecule has 0 saturated carbocycles. The number of hydrogen-bond acceptors (Lipinski definition) is 5. The van der Waals surface area contributed by atoms with Gasteiger partial charge in [0.2, 0.25) is 5.76 Å². The van der Waals surface area contributed by atoms with E-state index in [0.717, 1.165) is 16.1 Å². The first-order valence-electron chi connectivity index (χ1n) is 9.45. The van der Waals surface area contributed by atoms with E-state index in [2.05, 4.69) is 4.98 Å². The second-order valence-electron chi connectivity index (χ2n) is 7.44. The van der Waals surface area contributed by atoms with Crippen molar-refractivity contribution in [1.82, 2.24) is 4.98 Å². The Morgan fingerprint density at radius 2 is 1.90 bits per heavy atom. The molecule has 2 aromatic heterocycles. The Hall–Kier alpha value is -3.32. The average Bonchev–Trinajstić information content (AvgIpc) is 3.19. The highest BCUT2D eigenvalue weighted by Crippen LogP contribution is 2.43. The van der Waals surface area contributed by atoms with E-state index in [4.69, 9.17) is 4.42 Å². The zero-order valence-corrected chi connectivity index (χ0v) is 17.3. The van der Waals surface area contributed by atoms with Crippen LogP contribution in [0, 0.1) is 26.6 Å². The zero-order chi connectivity index (χ0) is 21.2. The highest BCUT2D eigenvalue weighted by atomic mass is 32.1. The first-order valence-corrected chi connectivity index (χ1v) is 10.3. The van der Waals surface area contributed by atoms with E-state index in [1.54, 1.807) is 24.3 Å². The predicted molar refractivity (Wildman–Crippen MR) is 114 cm³/mol. The summed E-state index contributed by atoms with van der Waals surface area (Å²) < 4.78 is 20.0. The molecule has 1 aliphatic rings. The third-order valence-corrected chi connectivity index (χ3v) is 6.49. The molecular weight excluding hydrogens is 403 g/mol. The predicted octanol–water partition coefficient (Wildman–Crippen LogP) is 5.06. The maximum absolute atomic E-state index is 14.1. The number of nitrogens with zero attached hydrogens (tertiary/aromatic N) is 2. The van der Waals surface area contributed by atoms with Crippen LogP contribution in [-0.2, 0) is 0 Å². The Bertz CT molecular complexity index is 1390. The lowest BCUT2D eigenvalue weighted by molar-refractivity contribution is 0.0971. The van der Waals surface area contributed by atoms with Crippen LogP contribution in [-0.4, -0.2) is 10.9 Å². The Morgan fingerprint density at radius 1 is 1.10 bits per heavy atom. The van der Waals surface area contributed by atoms with Gasteiger partial charge in [0, 0.05) is 4.88 Å². The maximum Gasteiger partial charge on any atom is 0.297 e. The highest BCUT2D eigenvalue weighted by molar-refractivity contribution is 7.15. The average molecular weight is 420 g/mol. The molecule has 0 bridgehead atoms. The molecule has 0 saturated heterocycles. The topological polar surface area (TPSA) is 63.4 Å². The van der Waals surface area contributed by atoms with Crippen LogP contribution in [0.5, 0.6) is 0 Å². The summed E-state index contributed by atoms with van der Waals surface area (Å²) in [5.74, 6) is -0.912. The smallest absolute Gasteiger partial charge is 0.297 e. The molecule has 4 aromatic rings. The second kappa shape index (κ2) is 6.60. The van der Waals surface area contributed by atoms with E-state index >= 15 is 0 Å². The molecule has 5 nitrogen and oxygen atoms in total. The molecular formula is C23H17FN2O3S. The van der Waals surface area contributed by atoms with Crippen LogP contribution < -0.4 is 10.3 Å². The van der Waals surface area contributed by atoms with E-state index in [1.807, 2.05) is 26.8 Å². The van der Waals surface area contributed by atoms with Crippen LogP contribution in [0.3, 0.4) is 0 Å². The van der Waals surface area contributed by atoms with Crippen molar-refractivity contribution < 1.29 is 13.6 Å². The summed E-state index contributed by atoms with van der Waals surface area (Å²) in [5.41, 5.74) is 2.48. The van der Waals surface area contributed by atoms with E-state index in [-0.39, 0.29) is 16.8 Å². The number of fused-ring (bicyclic) bond motifs is 2. The van der Waals surface area contributed by atoms with Crippen LogP contribution >= 0.6 is 11.3 Å². The van der Waals surface area contributed by atoms with Crippen molar-refractivity contribution in [2.45, 2.75) is 26.8 Å². The Kier molecular flexibility index (Phi) is 4.11. The minimum absolute atomic E-state index is 0.0175. The van der Waals surface area contributed by atoms with E-state index in [0.29, 0.717) is 21.7 Å². The summed E-state index contributed by atoms with van der Waals surface area (Å²) in [6, 6.07) is 10.4. The van der Waals surface area contributed by atoms with Gasteiger partial charge in [-0.05, 0) is 50.6 Å². The maximum atomic E-state index is 14.1. The van der Waals surface area contributed by atoms with Gasteiger partial charge >= 0.3 is 0 Å². The van der Waals surface area contributed by atoms with Crippen molar-refractivity contribution in [3.05, 3.63) is 91.5 Å². The van der Waals surface area contributed by atoms with Gasteiger partial charge in [-0.15, -0.1) is 11.3 Å². The van der Waals surface area contributed by atoms with Crippen molar-refractivity contribution in [2.24, 2.45) is 0 Å². The molecule has 1 atom stereocenters. The number of aryl methyl sites for hydroxylation is 3. The van der Waals surface area contributed by atoms with Crippen LogP contribution in [0.2, 0.25) is 0 Å². The molecule has 1 amide bonds. The molecule has 30 heavy (non-hydrogen) atoms. The first kappa shape index (κ1) is 18.7. The minimum atomic E-state index is -0.811. The van der Waals surface area contributed by atoms with Gasteiger partial charge in [-0.25, -0.2) is 9.37 Å². The van der Waals surface area contributed by atoms with Gasteiger partial charge in [-0.1, -0.05) is 23.8 Å². The van der Waals surface area contributed by atoms with Crippen molar-refractivity contribution in [1.29, 1.82) is 0 Å². The molecule has 0 fully saturated rings. The number of halogens is 1. The van der Waals surface area contributed by atoms with Gasteiger partial charge < -0.3 is 4.42 Å². The number of amides is 1. The van der Waals surface area contributed by atoms with Crippen LogP contribution in [0.4, 0.5) is 9.52 Å². The number of benzene rings is 2. The summed E-state index contributed by atoms with van der Waals surface area (Å²) >= 11 is 1.36. The van der Waals surface area contributed by atoms with Gasteiger partial charge in [0.25, 0.3) is 5.91 Å². The lowest BCUT2D eigenvalue weighted by Gasteiger charge is -2.22. The summed E-state index contributed by atoms with van der Waals surface area (Å²) in [6.45, 7) is 5.66. The van der Waals surface area contributed by atoms with E-state index in [9.17, 15) is 14.0 Å². The normalized spacial score (nSPS) is 15.8. The molecule has 0 N–H and O–H groups in total. The fraction of sp³-hybridized carbons (Fsp3) is 0.174. The number of rotatable bonds is 2. The lowest BCUT2D eigenvalue weighted by atomic mass is 9.98. The number of aromatic nitrogens is 1. The van der Waals surface area contributed by atoms with Gasteiger partial charge in [0.05, 0.1) is 22.7 Å². The Labute approximate surface area is 175 Å². The molecule has 1 unspecified atom stereocenters. The third-order valence-electron chi connectivity index (χ3n) is 5.41. The summed E-state index contributed by atoms with van der Waals surface area (Å²) in [7, 11) is 0. The standard InChI is InChI=1S/C23H17FN2O3S/c1-11-7-8-17-16(9-11)20(27)18-19(14-5-4-6-15(24)10-14)26(22(28)21(18)29-17)23-25-12(2)13(3)30-23/h4-10,19H,1-3H3. The molecule has 5 rings (SSSR count). The van der Waals surface area contributed by atoms with Crippen molar-refractivity contribution >= 4 is 33.3 Å². The summed E-state index contributed by atoms with van der Waals surface area (Å²) in [4.78, 5) is 33.8. The van der Waals surface area contributed by atoms with E-state index < -0.39 is 17.8 Å². The molecule has 2 aromatic carbocycles. The molecule has 0 spiro atoms. The SMILES string of the molecule is Cc1ccc2oc3c(c(=O)c2c1)C(c1cccc(F)c1)N(c1nc(C)c(C)s1)C3=O. The molecule has 0 aliphatic carbocycles. The molecule has 1 aliphatic heterocycles. The number of hydrogen-bond donors (Lipinski definition) is 0. The quantitative estimate of drug-likeness (QED) is 0.455. The van der Waals surface area contributed by atoms with Crippen LogP contribution in [0.25, 0.3) is 11.0 Å². The number of anilines is 1. The Balaban J connectivity index is 1.84. The third kappa shape index (κ3) is 2.69. The molecule has 3 heterocycles. The van der Waals surface area contributed by atoms with Crippen molar-refractivity contribution in [2.75, 3.05) is 4.90 Å². The Morgan fingerprint density at radius 3 is 2.60 bits per heavy atom. The number of carbonyl (C=O) groups is 1. The first-order chi connectivity index (χ1) is 14.3. The van der Waals surface area contributed by atoms with E-state index in [1.165, 1.54) is 28.4 Å². The summed E-state index contributed by atoms with van der Waals surface area (Å²) in [5, 5.41) is 0.853. The fourth-order valence-electron chi connectivity index (χ4n) is 3.83. The van der Waals surface area contributed by atoms with Crippen LogP contribution in [0.1, 0.15) is 43.9 Å². The van der Waals surface area contributed by atoms with Crippen molar-refractivity contribution in [3.63, 3.8) is 0 Å². The largest absolute Gasteiger partial charge is 0.450 e. The number of thiazole rings is 1. The van der Waals surface area contributed by atoms with Gasteiger partial charge in [-0.2, -0.15) is 0 Å². The van der Waals surface area contributed by atoms with Crippen molar-refractivity contribution in [3.8, 4) is 0 Å². The lowest BCUT2D eigenvalue weighted by Crippen LogP contribution is -2.29. The van der Waals surface area contributed by atoms with Gasteiger partial charge in [0.1, 0.15) is 11.4 Å². The minimum Gasteiger partial charge on any atom is -0.450 e. The zero-order valence-electron chi connectivity index (χ0n) is 16.5. The molecule has 7 heteroatoms. The highest BCUT2D eigenvalue weighted by Gasteiger charge is 2.45. The summed E-state index contributed by atoms with van der Waals surface area (Å²) in [6.07, 6.45) is 0. The molecule has 0 radical (unpaired) electrons. The fourth-order valence-corrected chi connectivity index (χ4v) is 4.77. The number of carbonyl (C=O) groups excluding carboxylic acids is 1. The second-order valence-corrected chi connectivity index (χ2v) is 8.63. The van der Waals surface area contributed by atoms with Crippen LogP contribution in [0.15, 0.2) is 51.7 Å². The van der Waals surface area contributed by atoms with Gasteiger partial charge in [0.15, 0.2) is 10.6 Å². The monoisotopic (exact) mass is 420 g/mol. The molecule has 150 valence electrons. The van der Waals surface area contributed by atoms with Gasteiger partial charge in [-0.3, -0.25) is 14.5 Å².